The number of rotatable bonds is 8. The van der Waals surface area contributed by atoms with Crippen LogP contribution in [0.3, 0.4) is 0 Å². The number of hydrogen-bond acceptors (Lipinski definition) is 6. The van der Waals surface area contributed by atoms with E-state index in [1.165, 1.54) is 12.1 Å². The highest BCUT2D eigenvalue weighted by atomic mass is 32.2. The van der Waals surface area contributed by atoms with Gasteiger partial charge in [0.2, 0.25) is 5.91 Å². The van der Waals surface area contributed by atoms with Crippen LogP contribution in [0, 0.1) is 0 Å². The third-order valence-electron chi connectivity index (χ3n) is 3.05. The lowest BCUT2D eigenvalue weighted by Gasteiger charge is -2.09. The Labute approximate surface area is 145 Å². The summed E-state index contributed by atoms with van der Waals surface area (Å²) in [6, 6.07) is 8.07. The van der Waals surface area contributed by atoms with Crippen LogP contribution < -0.4 is 10.0 Å². The topological polar surface area (TPSA) is 91.4 Å². The summed E-state index contributed by atoms with van der Waals surface area (Å²) in [7, 11) is 0.196. The number of carbonyl (C=O) groups is 1. The van der Waals surface area contributed by atoms with Crippen LogP contribution in [-0.4, -0.2) is 51.4 Å². The van der Waals surface area contributed by atoms with Crippen molar-refractivity contribution in [3.63, 3.8) is 0 Å². The van der Waals surface area contributed by atoms with Crippen LogP contribution >= 0.6 is 11.3 Å². The summed E-state index contributed by atoms with van der Waals surface area (Å²) in [5, 5.41) is 4.71. The van der Waals surface area contributed by atoms with Gasteiger partial charge in [-0.1, -0.05) is 18.2 Å². The highest BCUT2D eigenvalue weighted by Crippen LogP contribution is 2.20. The van der Waals surface area contributed by atoms with Crippen LogP contribution in [0.4, 0.5) is 5.13 Å². The number of nitrogens with zero attached hydrogens (tertiary/aromatic N) is 2. The van der Waals surface area contributed by atoms with Crippen molar-refractivity contribution in [1.29, 1.82) is 0 Å². The van der Waals surface area contributed by atoms with Crippen LogP contribution in [0.1, 0.15) is 5.69 Å². The molecule has 1 aromatic heterocycles. The van der Waals surface area contributed by atoms with Gasteiger partial charge in [0.15, 0.2) is 5.13 Å². The van der Waals surface area contributed by atoms with Crippen molar-refractivity contribution in [1.82, 2.24) is 15.2 Å². The Morgan fingerprint density at radius 1 is 1.25 bits per heavy atom. The molecule has 1 aromatic carbocycles. The molecular formula is C15H20N4O3S2. The normalized spacial score (nSPS) is 11.5. The molecule has 1 amide bonds. The van der Waals surface area contributed by atoms with Crippen molar-refractivity contribution in [2.24, 2.45) is 0 Å². The van der Waals surface area contributed by atoms with Gasteiger partial charge in [-0.2, -0.15) is 0 Å². The molecule has 0 atom stereocenters. The second-order valence-corrected chi connectivity index (χ2v) is 7.93. The highest BCUT2D eigenvalue weighted by Gasteiger charge is 2.16. The molecule has 9 heteroatoms. The van der Waals surface area contributed by atoms with Crippen molar-refractivity contribution in [3.05, 3.63) is 41.4 Å². The summed E-state index contributed by atoms with van der Waals surface area (Å²) in [5.41, 5.74) is 0.535. The molecule has 0 aliphatic carbocycles. The Morgan fingerprint density at radius 3 is 2.62 bits per heavy atom. The molecule has 0 saturated heterocycles. The van der Waals surface area contributed by atoms with Gasteiger partial charge in [0.05, 0.1) is 17.0 Å². The molecule has 2 rings (SSSR count). The van der Waals surface area contributed by atoms with E-state index >= 15 is 0 Å². The quantitative estimate of drug-likeness (QED) is 0.730. The first-order valence-electron chi connectivity index (χ1n) is 7.30. The standard InChI is InChI=1S/C15H20N4O3S2/c1-19(2)9-8-16-14(20)10-12-11-23-15(17-12)18-24(21,22)13-6-4-3-5-7-13/h3-7,11H,8-10H2,1-2H3,(H,16,20)(H,17,18). The van der Waals surface area contributed by atoms with Gasteiger partial charge in [-0.15, -0.1) is 11.3 Å². The maximum Gasteiger partial charge on any atom is 0.263 e. The van der Waals surface area contributed by atoms with Crippen LogP contribution in [0.15, 0.2) is 40.6 Å². The third kappa shape index (κ3) is 5.59. The SMILES string of the molecule is CN(C)CCNC(=O)Cc1csc(NS(=O)(=O)c2ccccc2)n1. The molecule has 0 unspecified atom stereocenters. The second kappa shape index (κ2) is 8.22. The third-order valence-corrected chi connectivity index (χ3v) is 5.34. The van der Waals surface area contributed by atoms with E-state index in [4.69, 9.17) is 0 Å². The number of sulfonamides is 1. The van der Waals surface area contributed by atoms with E-state index in [2.05, 4.69) is 15.0 Å². The minimum Gasteiger partial charge on any atom is -0.354 e. The fourth-order valence-corrected chi connectivity index (χ4v) is 3.84. The van der Waals surface area contributed by atoms with E-state index in [9.17, 15) is 13.2 Å². The van der Waals surface area contributed by atoms with Crippen molar-refractivity contribution in [2.45, 2.75) is 11.3 Å². The zero-order valence-electron chi connectivity index (χ0n) is 13.5. The van der Waals surface area contributed by atoms with Crippen molar-refractivity contribution < 1.29 is 13.2 Å². The van der Waals surface area contributed by atoms with Gasteiger partial charge >= 0.3 is 0 Å². The Bertz CT molecular complexity index is 773. The number of likely N-dealkylation sites (N-methyl/N-ethyl adjacent to an activating group) is 1. The first-order chi connectivity index (χ1) is 11.4. The molecule has 0 aliphatic rings. The molecule has 0 aliphatic heterocycles. The summed E-state index contributed by atoms with van der Waals surface area (Å²) < 4.78 is 26.8. The second-order valence-electron chi connectivity index (χ2n) is 5.39. The number of anilines is 1. The molecule has 0 saturated carbocycles. The molecular weight excluding hydrogens is 348 g/mol. The maximum atomic E-state index is 12.2. The van der Waals surface area contributed by atoms with E-state index in [1.54, 1.807) is 23.6 Å². The van der Waals surface area contributed by atoms with Crippen LogP contribution in [0.2, 0.25) is 0 Å². The Hall–Kier alpha value is -1.97. The molecule has 0 spiro atoms. The van der Waals surface area contributed by atoms with Crippen molar-refractivity contribution in [2.75, 3.05) is 31.9 Å². The summed E-state index contributed by atoms with van der Waals surface area (Å²) >= 11 is 1.15. The van der Waals surface area contributed by atoms with E-state index < -0.39 is 10.0 Å². The van der Waals surface area contributed by atoms with E-state index in [1.807, 2.05) is 19.0 Å². The average molecular weight is 368 g/mol. The summed E-state index contributed by atoms with van der Waals surface area (Å²) in [6.45, 7) is 1.31. The molecule has 0 radical (unpaired) electrons. The predicted molar refractivity (Wildman–Crippen MR) is 94.6 cm³/mol. The first-order valence-corrected chi connectivity index (χ1v) is 9.67. The van der Waals surface area contributed by atoms with Gasteiger partial charge in [0.1, 0.15) is 0 Å². The molecule has 0 fully saturated rings. The van der Waals surface area contributed by atoms with Gasteiger partial charge in [0.25, 0.3) is 10.0 Å². The lowest BCUT2D eigenvalue weighted by molar-refractivity contribution is -0.120. The predicted octanol–water partition coefficient (Wildman–Crippen LogP) is 1.16. The molecule has 7 nitrogen and oxygen atoms in total. The number of carbonyl (C=O) groups excluding carboxylic acids is 1. The molecule has 130 valence electrons. The minimum absolute atomic E-state index is 0.122. The number of nitrogens with one attached hydrogen (secondary N) is 2. The molecule has 2 aromatic rings. The lowest BCUT2D eigenvalue weighted by atomic mass is 10.3. The monoisotopic (exact) mass is 368 g/mol. The van der Waals surface area contributed by atoms with Gasteiger partial charge in [0, 0.05) is 18.5 Å². The molecule has 0 bridgehead atoms. The number of aromatic nitrogens is 1. The largest absolute Gasteiger partial charge is 0.354 e. The van der Waals surface area contributed by atoms with Crippen molar-refractivity contribution >= 4 is 32.4 Å². The van der Waals surface area contributed by atoms with Gasteiger partial charge in [-0.3, -0.25) is 9.52 Å². The molecule has 2 N–H and O–H groups in total. The zero-order valence-corrected chi connectivity index (χ0v) is 15.2. The summed E-state index contributed by atoms with van der Waals surface area (Å²) in [4.78, 5) is 18.1. The van der Waals surface area contributed by atoms with Gasteiger partial charge in [-0.25, -0.2) is 13.4 Å². The van der Waals surface area contributed by atoms with Crippen LogP contribution in [-0.2, 0) is 21.2 Å². The summed E-state index contributed by atoms with van der Waals surface area (Å²) in [5.74, 6) is -0.139. The number of hydrogen-bond donors (Lipinski definition) is 2. The zero-order chi connectivity index (χ0) is 17.6. The van der Waals surface area contributed by atoms with Crippen molar-refractivity contribution in [3.8, 4) is 0 Å². The first kappa shape index (κ1) is 18.4. The smallest absolute Gasteiger partial charge is 0.263 e. The fraction of sp³-hybridized carbons (Fsp3) is 0.333. The number of benzene rings is 1. The Morgan fingerprint density at radius 2 is 1.96 bits per heavy atom. The Kier molecular flexibility index (Phi) is 6.29. The highest BCUT2D eigenvalue weighted by molar-refractivity contribution is 7.93. The van der Waals surface area contributed by atoms with Crippen LogP contribution in [0.25, 0.3) is 0 Å². The van der Waals surface area contributed by atoms with Gasteiger partial charge < -0.3 is 10.2 Å². The van der Waals surface area contributed by atoms with E-state index in [0.717, 1.165) is 17.9 Å². The van der Waals surface area contributed by atoms with E-state index in [0.29, 0.717) is 12.2 Å². The summed E-state index contributed by atoms with van der Waals surface area (Å²) in [6.07, 6.45) is 0.122. The molecule has 24 heavy (non-hydrogen) atoms. The maximum absolute atomic E-state index is 12.2. The fourth-order valence-electron chi connectivity index (χ4n) is 1.85. The average Bonchev–Trinajstić information content (AvgIpc) is 2.94. The minimum atomic E-state index is -3.66. The Balaban J connectivity index is 1.92. The van der Waals surface area contributed by atoms with Crippen LogP contribution in [0.5, 0.6) is 0 Å². The van der Waals surface area contributed by atoms with Gasteiger partial charge in [-0.05, 0) is 26.2 Å². The number of amides is 1. The molecule has 1 heterocycles. The number of thiazole rings is 1. The van der Waals surface area contributed by atoms with E-state index in [-0.39, 0.29) is 22.4 Å². The lowest BCUT2D eigenvalue weighted by Crippen LogP contribution is -2.32.